The predicted octanol–water partition coefficient (Wildman–Crippen LogP) is 0.714. The molecular formula is C16H21ClN6O. The maximum Gasteiger partial charge on any atom is 0.276 e. The van der Waals surface area contributed by atoms with E-state index < -0.39 is 0 Å². The number of rotatable bonds is 2. The third kappa shape index (κ3) is 2.87. The summed E-state index contributed by atoms with van der Waals surface area (Å²) < 4.78 is 1.47. The summed E-state index contributed by atoms with van der Waals surface area (Å²) in [6.45, 7) is 4.35. The molecule has 0 bridgehead atoms. The van der Waals surface area contributed by atoms with Gasteiger partial charge in [-0.2, -0.15) is 9.78 Å². The average Bonchev–Trinajstić information content (AvgIpc) is 2.92. The summed E-state index contributed by atoms with van der Waals surface area (Å²) in [5, 5.41) is 11.5. The molecule has 8 heteroatoms. The third-order valence-corrected chi connectivity index (χ3v) is 5.34. The van der Waals surface area contributed by atoms with E-state index in [1.54, 1.807) is 6.07 Å². The molecule has 1 aliphatic carbocycles. The van der Waals surface area contributed by atoms with Gasteiger partial charge in [0, 0.05) is 49.5 Å². The first-order valence-corrected chi connectivity index (χ1v) is 8.73. The number of aromatic nitrogens is 4. The van der Waals surface area contributed by atoms with Crippen molar-refractivity contribution in [2.75, 3.05) is 33.2 Å². The van der Waals surface area contributed by atoms with Crippen LogP contribution in [-0.4, -0.2) is 69.0 Å². The van der Waals surface area contributed by atoms with Crippen LogP contribution in [0.3, 0.4) is 0 Å². The standard InChI is InChI=1S/C16H21ClN6O/c1-21-4-6-22(7-5-21)12-2-3-14-13(9-12)16(24)23(20-14)15-8-11(17)10-18-19-15/h8,10,12,20H,2-7,9H2,1H3. The molecule has 2 aliphatic rings. The van der Waals surface area contributed by atoms with E-state index in [0.717, 1.165) is 56.7 Å². The Morgan fingerprint density at radius 3 is 2.83 bits per heavy atom. The van der Waals surface area contributed by atoms with Crippen molar-refractivity contribution in [3.63, 3.8) is 0 Å². The van der Waals surface area contributed by atoms with Crippen molar-refractivity contribution in [2.45, 2.75) is 25.3 Å². The van der Waals surface area contributed by atoms with Gasteiger partial charge in [-0.15, -0.1) is 5.10 Å². The minimum Gasteiger partial charge on any atom is -0.304 e. The Hall–Kier alpha value is -1.70. The molecule has 1 N–H and O–H groups in total. The van der Waals surface area contributed by atoms with Crippen molar-refractivity contribution in [1.82, 2.24) is 29.8 Å². The number of hydrogen-bond donors (Lipinski definition) is 1. The fourth-order valence-corrected chi connectivity index (χ4v) is 3.83. The summed E-state index contributed by atoms with van der Waals surface area (Å²) in [4.78, 5) is 17.7. The first-order valence-electron chi connectivity index (χ1n) is 8.36. The summed E-state index contributed by atoms with van der Waals surface area (Å²) in [5.74, 6) is 0.443. The average molecular weight is 349 g/mol. The lowest BCUT2D eigenvalue weighted by atomic mass is 9.92. The van der Waals surface area contributed by atoms with E-state index in [1.807, 2.05) is 0 Å². The Kier molecular flexibility index (Phi) is 4.15. The molecule has 7 nitrogen and oxygen atoms in total. The van der Waals surface area contributed by atoms with E-state index in [0.29, 0.717) is 16.9 Å². The summed E-state index contributed by atoms with van der Waals surface area (Å²) in [6.07, 6.45) is 4.23. The highest BCUT2D eigenvalue weighted by Gasteiger charge is 2.30. The number of hydrogen-bond acceptors (Lipinski definition) is 5. The molecule has 2 aromatic rings. The first-order chi connectivity index (χ1) is 11.6. The van der Waals surface area contributed by atoms with E-state index in [1.165, 1.54) is 10.9 Å². The lowest BCUT2D eigenvalue weighted by Gasteiger charge is -2.39. The van der Waals surface area contributed by atoms with Crippen LogP contribution < -0.4 is 5.56 Å². The maximum absolute atomic E-state index is 12.8. The van der Waals surface area contributed by atoms with Crippen LogP contribution in [-0.2, 0) is 12.8 Å². The van der Waals surface area contributed by atoms with Crippen LogP contribution in [0.15, 0.2) is 17.1 Å². The van der Waals surface area contributed by atoms with Gasteiger partial charge in [0.25, 0.3) is 5.56 Å². The number of likely N-dealkylation sites (N-methyl/N-ethyl adjacent to an activating group) is 1. The van der Waals surface area contributed by atoms with Crippen LogP contribution in [0.1, 0.15) is 17.7 Å². The second-order valence-electron chi connectivity index (χ2n) is 6.68. The van der Waals surface area contributed by atoms with Crippen molar-refractivity contribution < 1.29 is 0 Å². The van der Waals surface area contributed by atoms with Gasteiger partial charge in [-0.05, 0) is 26.3 Å². The van der Waals surface area contributed by atoms with Gasteiger partial charge in [0.05, 0.1) is 11.2 Å². The van der Waals surface area contributed by atoms with Gasteiger partial charge in [0.15, 0.2) is 5.82 Å². The summed E-state index contributed by atoms with van der Waals surface area (Å²) >= 11 is 5.97. The molecule has 4 rings (SSSR count). The molecule has 0 saturated carbocycles. The van der Waals surface area contributed by atoms with E-state index in [9.17, 15) is 4.79 Å². The van der Waals surface area contributed by atoms with Gasteiger partial charge in [-0.25, -0.2) is 0 Å². The van der Waals surface area contributed by atoms with Gasteiger partial charge >= 0.3 is 0 Å². The lowest BCUT2D eigenvalue weighted by molar-refractivity contribution is 0.103. The number of piperazine rings is 1. The SMILES string of the molecule is CN1CCN(C2CCc3[nH]n(-c4cc(Cl)cnn4)c(=O)c3C2)CC1. The van der Waals surface area contributed by atoms with Gasteiger partial charge in [0.2, 0.25) is 0 Å². The number of fused-ring (bicyclic) bond motifs is 1. The smallest absolute Gasteiger partial charge is 0.276 e. The van der Waals surface area contributed by atoms with Crippen LogP contribution in [0, 0.1) is 0 Å². The van der Waals surface area contributed by atoms with Crippen LogP contribution >= 0.6 is 11.6 Å². The van der Waals surface area contributed by atoms with Crippen LogP contribution in [0.2, 0.25) is 5.02 Å². The Morgan fingerprint density at radius 1 is 1.29 bits per heavy atom. The number of nitrogens with one attached hydrogen (secondary N) is 1. The van der Waals surface area contributed by atoms with Crippen LogP contribution in [0.5, 0.6) is 0 Å². The summed E-state index contributed by atoms with van der Waals surface area (Å²) in [6, 6.07) is 2.10. The molecule has 0 radical (unpaired) electrons. The number of nitrogens with zero attached hydrogens (tertiary/aromatic N) is 5. The van der Waals surface area contributed by atoms with Gasteiger partial charge in [-0.1, -0.05) is 11.6 Å². The molecule has 3 heterocycles. The Morgan fingerprint density at radius 2 is 2.08 bits per heavy atom. The third-order valence-electron chi connectivity index (χ3n) is 5.13. The second-order valence-corrected chi connectivity index (χ2v) is 7.11. The number of H-pyrrole nitrogens is 1. The molecular weight excluding hydrogens is 328 g/mol. The van der Waals surface area contributed by atoms with Gasteiger partial charge < -0.3 is 4.90 Å². The highest BCUT2D eigenvalue weighted by atomic mass is 35.5. The zero-order chi connectivity index (χ0) is 16.7. The minimum atomic E-state index is -0.0274. The molecule has 1 atom stereocenters. The highest BCUT2D eigenvalue weighted by Crippen LogP contribution is 2.23. The normalized spacial score (nSPS) is 22.5. The molecule has 1 aliphatic heterocycles. The second kappa shape index (κ2) is 6.31. The summed E-state index contributed by atoms with van der Waals surface area (Å²) in [5.41, 5.74) is 1.87. The number of aromatic amines is 1. The highest BCUT2D eigenvalue weighted by molar-refractivity contribution is 6.30. The predicted molar refractivity (Wildman–Crippen MR) is 91.9 cm³/mol. The van der Waals surface area contributed by atoms with Crippen molar-refractivity contribution in [3.05, 3.63) is 38.9 Å². The monoisotopic (exact) mass is 348 g/mol. The van der Waals surface area contributed by atoms with Crippen molar-refractivity contribution in [3.8, 4) is 5.82 Å². The Balaban J connectivity index is 1.59. The molecule has 0 spiro atoms. The van der Waals surface area contributed by atoms with Crippen molar-refractivity contribution in [1.29, 1.82) is 0 Å². The quantitative estimate of drug-likeness (QED) is 0.865. The molecule has 0 amide bonds. The van der Waals surface area contributed by atoms with Crippen LogP contribution in [0.4, 0.5) is 0 Å². The lowest BCUT2D eigenvalue weighted by Crippen LogP contribution is -2.50. The summed E-state index contributed by atoms with van der Waals surface area (Å²) in [7, 11) is 2.16. The molecule has 0 aromatic carbocycles. The van der Waals surface area contributed by atoms with Gasteiger partial charge in [-0.3, -0.25) is 14.8 Å². The molecule has 1 fully saturated rings. The topological polar surface area (TPSA) is 70.1 Å². The molecule has 128 valence electrons. The largest absolute Gasteiger partial charge is 0.304 e. The van der Waals surface area contributed by atoms with E-state index >= 15 is 0 Å². The number of halogens is 1. The van der Waals surface area contributed by atoms with E-state index in [4.69, 9.17) is 11.6 Å². The zero-order valence-corrected chi connectivity index (χ0v) is 14.5. The zero-order valence-electron chi connectivity index (χ0n) is 13.7. The Bertz CT molecular complexity index is 792. The van der Waals surface area contributed by atoms with Gasteiger partial charge in [0.1, 0.15) is 0 Å². The fraction of sp³-hybridized carbons (Fsp3) is 0.562. The van der Waals surface area contributed by atoms with Crippen molar-refractivity contribution in [2.24, 2.45) is 0 Å². The van der Waals surface area contributed by atoms with Crippen LogP contribution in [0.25, 0.3) is 5.82 Å². The molecule has 2 aromatic heterocycles. The number of aryl methyl sites for hydroxylation is 1. The molecule has 24 heavy (non-hydrogen) atoms. The molecule has 1 unspecified atom stereocenters. The molecule has 1 saturated heterocycles. The Labute approximate surface area is 145 Å². The fourth-order valence-electron chi connectivity index (χ4n) is 3.69. The van der Waals surface area contributed by atoms with E-state index in [2.05, 4.69) is 32.1 Å². The minimum absolute atomic E-state index is 0.0274. The first kappa shape index (κ1) is 15.8. The maximum atomic E-state index is 12.8. The van der Waals surface area contributed by atoms with Crippen molar-refractivity contribution >= 4 is 11.6 Å². The van der Waals surface area contributed by atoms with E-state index in [-0.39, 0.29) is 5.56 Å².